The van der Waals surface area contributed by atoms with E-state index in [-0.39, 0.29) is 6.09 Å². The third kappa shape index (κ3) is 3.77. The summed E-state index contributed by atoms with van der Waals surface area (Å²) in [7, 11) is 0. The number of hydrogen-bond acceptors (Lipinski definition) is 5. The SMILES string of the molecule is O=C(OCCCN1CCCCC1)N1c2ccc3ccccc3c2Sc2cccnc21. The van der Waals surface area contributed by atoms with Crippen molar-refractivity contribution in [1.82, 2.24) is 9.88 Å². The van der Waals surface area contributed by atoms with Crippen molar-refractivity contribution in [3.05, 3.63) is 54.7 Å². The quantitative estimate of drug-likeness (QED) is 0.496. The van der Waals surface area contributed by atoms with Crippen LogP contribution in [0, 0.1) is 0 Å². The molecule has 1 fully saturated rings. The molecule has 2 aromatic carbocycles. The number of pyridine rings is 1. The van der Waals surface area contributed by atoms with Gasteiger partial charge in [0.2, 0.25) is 0 Å². The fraction of sp³-hybridized carbons (Fsp3) is 0.333. The van der Waals surface area contributed by atoms with Gasteiger partial charge in [-0.25, -0.2) is 14.7 Å². The lowest BCUT2D eigenvalue weighted by Gasteiger charge is -2.30. The Morgan fingerprint density at radius 2 is 1.90 bits per heavy atom. The van der Waals surface area contributed by atoms with Crippen molar-refractivity contribution in [2.24, 2.45) is 0 Å². The van der Waals surface area contributed by atoms with E-state index in [4.69, 9.17) is 4.74 Å². The van der Waals surface area contributed by atoms with E-state index in [9.17, 15) is 4.79 Å². The predicted octanol–water partition coefficient (Wildman–Crippen LogP) is 5.85. The van der Waals surface area contributed by atoms with Crippen LogP contribution in [-0.2, 0) is 4.74 Å². The first-order chi connectivity index (χ1) is 14.8. The molecule has 0 N–H and O–H groups in total. The number of hydrogen-bond donors (Lipinski definition) is 0. The molecule has 0 aliphatic carbocycles. The van der Waals surface area contributed by atoms with Crippen LogP contribution in [0.2, 0.25) is 0 Å². The average molecular weight is 420 g/mol. The van der Waals surface area contributed by atoms with Crippen LogP contribution in [0.5, 0.6) is 0 Å². The maximum Gasteiger partial charge on any atom is 0.420 e. The number of likely N-dealkylation sites (tertiary alicyclic amines) is 1. The average Bonchev–Trinajstić information content (AvgIpc) is 2.81. The first-order valence-corrected chi connectivity index (χ1v) is 11.5. The minimum absolute atomic E-state index is 0.356. The lowest BCUT2D eigenvalue weighted by atomic mass is 10.1. The fourth-order valence-electron chi connectivity index (χ4n) is 4.25. The second-order valence-corrected chi connectivity index (χ2v) is 8.82. The molecule has 3 aromatic rings. The summed E-state index contributed by atoms with van der Waals surface area (Å²) >= 11 is 1.66. The summed E-state index contributed by atoms with van der Waals surface area (Å²) < 4.78 is 5.71. The summed E-state index contributed by atoms with van der Waals surface area (Å²) in [6, 6.07) is 16.2. The van der Waals surface area contributed by atoms with Crippen LogP contribution in [0.15, 0.2) is 64.5 Å². The molecule has 0 atom stereocenters. The number of rotatable bonds is 4. The van der Waals surface area contributed by atoms with E-state index >= 15 is 0 Å². The van der Waals surface area contributed by atoms with Crippen LogP contribution >= 0.6 is 11.8 Å². The van der Waals surface area contributed by atoms with Gasteiger partial charge in [-0.2, -0.15) is 0 Å². The number of benzene rings is 2. The first kappa shape index (κ1) is 19.4. The van der Waals surface area contributed by atoms with Crippen LogP contribution in [-0.4, -0.2) is 42.2 Å². The Kier molecular flexibility index (Phi) is 5.60. The zero-order chi connectivity index (χ0) is 20.3. The van der Waals surface area contributed by atoms with E-state index in [1.54, 1.807) is 22.9 Å². The van der Waals surface area contributed by atoms with Gasteiger partial charge < -0.3 is 9.64 Å². The number of ether oxygens (including phenoxy) is 1. The molecule has 1 saturated heterocycles. The molecule has 2 aliphatic heterocycles. The Morgan fingerprint density at radius 3 is 2.80 bits per heavy atom. The van der Waals surface area contributed by atoms with E-state index in [0.717, 1.165) is 52.3 Å². The van der Waals surface area contributed by atoms with E-state index in [2.05, 4.69) is 28.1 Å². The van der Waals surface area contributed by atoms with Crippen LogP contribution in [0.25, 0.3) is 10.8 Å². The maximum absolute atomic E-state index is 13.2. The number of carbonyl (C=O) groups is 1. The van der Waals surface area contributed by atoms with Crippen molar-refractivity contribution in [3.63, 3.8) is 0 Å². The predicted molar refractivity (Wildman–Crippen MR) is 121 cm³/mol. The summed E-state index contributed by atoms with van der Waals surface area (Å²) in [4.78, 5) is 23.8. The van der Waals surface area contributed by atoms with E-state index in [1.807, 2.05) is 30.3 Å². The van der Waals surface area contributed by atoms with Crippen molar-refractivity contribution in [1.29, 1.82) is 0 Å². The second kappa shape index (κ2) is 8.66. The maximum atomic E-state index is 13.2. The number of fused-ring (bicyclic) bond motifs is 4. The van der Waals surface area contributed by atoms with E-state index in [0.29, 0.717) is 12.4 Å². The molecule has 2 aliphatic rings. The third-order valence-corrected chi connectivity index (χ3v) is 6.92. The van der Waals surface area contributed by atoms with Gasteiger partial charge in [0, 0.05) is 17.6 Å². The summed E-state index contributed by atoms with van der Waals surface area (Å²) in [6.07, 6.45) is 6.11. The number of nitrogens with zero attached hydrogens (tertiary/aromatic N) is 3. The van der Waals surface area contributed by atoms with Crippen molar-refractivity contribution >= 4 is 40.1 Å². The zero-order valence-electron chi connectivity index (χ0n) is 16.9. The molecule has 0 spiro atoms. The van der Waals surface area contributed by atoms with Gasteiger partial charge in [0.15, 0.2) is 5.82 Å². The highest BCUT2D eigenvalue weighted by Crippen LogP contribution is 2.50. The number of anilines is 2. The highest BCUT2D eigenvalue weighted by atomic mass is 32.2. The molecule has 154 valence electrons. The number of aromatic nitrogens is 1. The first-order valence-electron chi connectivity index (χ1n) is 10.6. The van der Waals surface area contributed by atoms with Crippen LogP contribution in [0.1, 0.15) is 25.7 Å². The van der Waals surface area contributed by atoms with Crippen molar-refractivity contribution < 1.29 is 9.53 Å². The van der Waals surface area contributed by atoms with Gasteiger partial charge >= 0.3 is 6.09 Å². The third-order valence-electron chi connectivity index (χ3n) is 5.75. The molecule has 30 heavy (non-hydrogen) atoms. The lowest BCUT2D eigenvalue weighted by Crippen LogP contribution is -2.33. The summed E-state index contributed by atoms with van der Waals surface area (Å²) in [5, 5.41) is 2.29. The zero-order valence-corrected chi connectivity index (χ0v) is 17.7. The minimum Gasteiger partial charge on any atom is -0.449 e. The standard InChI is InChI=1S/C24H25N3O2S/c28-24(29-17-7-16-26-14-4-1-5-15-26)27-20-12-11-18-8-2-3-9-19(18)22(20)30-21-10-6-13-25-23(21)27/h2-3,6,8-13H,1,4-5,7,14-17H2. The normalized spacial score (nSPS) is 16.2. The number of amides is 1. The highest BCUT2D eigenvalue weighted by Gasteiger charge is 2.31. The summed E-state index contributed by atoms with van der Waals surface area (Å²) in [5.41, 5.74) is 0.839. The van der Waals surface area contributed by atoms with Crippen molar-refractivity contribution in [2.45, 2.75) is 35.5 Å². The van der Waals surface area contributed by atoms with Gasteiger partial charge in [0.05, 0.1) is 17.2 Å². The Bertz CT molecular complexity index is 1070. The molecule has 1 aromatic heterocycles. The number of carbonyl (C=O) groups excluding carboxylic acids is 1. The monoisotopic (exact) mass is 419 g/mol. The Morgan fingerprint density at radius 1 is 1.03 bits per heavy atom. The van der Waals surface area contributed by atoms with E-state index < -0.39 is 0 Å². The molecule has 3 heterocycles. The van der Waals surface area contributed by atoms with Gasteiger partial charge in [-0.15, -0.1) is 0 Å². The topological polar surface area (TPSA) is 45.7 Å². The smallest absolute Gasteiger partial charge is 0.420 e. The fourth-order valence-corrected chi connectivity index (χ4v) is 5.41. The van der Waals surface area contributed by atoms with Gasteiger partial charge in [0.1, 0.15) is 0 Å². The van der Waals surface area contributed by atoms with E-state index in [1.165, 1.54) is 19.3 Å². The largest absolute Gasteiger partial charge is 0.449 e. The molecule has 6 heteroatoms. The van der Waals surface area contributed by atoms with Gasteiger partial charge in [-0.05, 0) is 61.3 Å². The molecule has 1 amide bonds. The Balaban J connectivity index is 1.37. The molecule has 5 rings (SSSR count). The molecule has 0 bridgehead atoms. The Labute approximate surface area is 181 Å². The molecule has 0 saturated carbocycles. The number of piperidine rings is 1. The highest BCUT2D eigenvalue weighted by molar-refractivity contribution is 8.00. The van der Waals surface area contributed by atoms with Gasteiger partial charge in [-0.3, -0.25) is 0 Å². The summed E-state index contributed by atoms with van der Waals surface area (Å²) in [5.74, 6) is 0.645. The van der Waals surface area contributed by atoms with Crippen molar-refractivity contribution in [2.75, 3.05) is 31.1 Å². The van der Waals surface area contributed by atoms with Gasteiger partial charge in [0.25, 0.3) is 0 Å². The lowest BCUT2D eigenvalue weighted by molar-refractivity contribution is 0.143. The van der Waals surface area contributed by atoms with Crippen LogP contribution < -0.4 is 4.90 Å². The van der Waals surface area contributed by atoms with Crippen molar-refractivity contribution in [3.8, 4) is 0 Å². The van der Waals surface area contributed by atoms with Gasteiger partial charge in [-0.1, -0.05) is 48.5 Å². The molecule has 0 unspecified atom stereocenters. The molecular formula is C24H25N3O2S. The van der Waals surface area contributed by atoms with Crippen LogP contribution in [0.4, 0.5) is 16.3 Å². The molecule has 0 radical (unpaired) electrons. The molecule has 5 nitrogen and oxygen atoms in total. The minimum atomic E-state index is -0.356. The second-order valence-electron chi connectivity index (χ2n) is 7.77. The Hall–Kier alpha value is -2.57. The molecular weight excluding hydrogens is 394 g/mol. The summed E-state index contributed by atoms with van der Waals surface area (Å²) in [6.45, 7) is 3.73. The van der Waals surface area contributed by atoms with Crippen LogP contribution in [0.3, 0.4) is 0 Å².